The van der Waals surface area contributed by atoms with E-state index in [1.807, 2.05) is 0 Å². The van der Waals surface area contributed by atoms with Crippen molar-refractivity contribution in [2.45, 2.75) is 37.4 Å². The maximum atomic E-state index is 11.5. The summed E-state index contributed by atoms with van der Waals surface area (Å²) in [6.07, 6.45) is 3.44. The number of hydrogen-bond acceptors (Lipinski definition) is 3. The van der Waals surface area contributed by atoms with Crippen LogP contribution in [-0.2, 0) is 14.8 Å². The van der Waals surface area contributed by atoms with E-state index in [0.717, 1.165) is 6.42 Å². The predicted molar refractivity (Wildman–Crippen MR) is 53.9 cm³/mol. The molecule has 2 N–H and O–H groups in total. The zero-order chi connectivity index (χ0) is 11.1. The van der Waals surface area contributed by atoms with Gasteiger partial charge in [0.25, 0.3) is 0 Å². The molecule has 86 valence electrons. The number of carboxylic acids is 1. The van der Waals surface area contributed by atoms with Gasteiger partial charge in [-0.3, -0.25) is 4.79 Å². The predicted octanol–water partition coefficient (Wildman–Crippen LogP) is 0.323. The van der Waals surface area contributed by atoms with Gasteiger partial charge in [0.1, 0.15) is 0 Å². The van der Waals surface area contributed by atoms with Gasteiger partial charge in [0, 0.05) is 6.54 Å². The minimum atomic E-state index is -3.24. The van der Waals surface area contributed by atoms with Crippen molar-refractivity contribution in [1.29, 1.82) is 0 Å². The van der Waals surface area contributed by atoms with Crippen molar-refractivity contribution in [3.8, 4) is 0 Å². The molecular weight excluding hydrogens is 218 g/mol. The van der Waals surface area contributed by atoms with E-state index in [1.165, 1.54) is 0 Å². The molecule has 2 rings (SSSR count). The van der Waals surface area contributed by atoms with Crippen molar-refractivity contribution in [3.63, 3.8) is 0 Å². The number of carbonyl (C=O) groups is 1. The molecule has 2 aliphatic rings. The van der Waals surface area contributed by atoms with Crippen LogP contribution in [0.3, 0.4) is 0 Å². The van der Waals surface area contributed by atoms with Gasteiger partial charge in [-0.05, 0) is 25.7 Å². The molecule has 0 aromatic heterocycles. The quantitative estimate of drug-likeness (QED) is 0.716. The zero-order valence-corrected chi connectivity index (χ0v) is 9.22. The van der Waals surface area contributed by atoms with Crippen LogP contribution >= 0.6 is 0 Å². The minimum Gasteiger partial charge on any atom is -0.481 e. The van der Waals surface area contributed by atoms with Crippen molar-refractivity contribution in [2.75, 3.05) is 6.54 Å². The average Bonchev–Trinajstić information content (AvgIpc) is 2.82. The molecule has 0 saturated heterocycles. The molecule has 0 unspecified atom stereocenters. The minimum absolute atomic E-state index is 0.0567. The summed E-state index contributed by atoms with van der Waals surface area (Å²) in [7, 11) is -3.24. The zero-order valence-electron chi connectivity index (χ0n) is 8.40. The summed E-state index contributed by atoms with van der Waals surface area (Å²) in [4.78, 5) is 11.0. The molecule has 5 nitrogen and oxygen atoms in total. The highest BCUT2D eigenvalue weighted by Gasteiger charge is 2.46. The number of hydrogen-bond donors (Lipinski definition) is 2. The molecule has 6 heteroatoms. The van der Waals surface area contributed by atoms with Gasteiger partial charge in [-0.15, -0.1) is 0 Å². The van der Waals surface area contributed by atoms with E-state index < -0.39 is 21.4 Å². The monoisotopic (exact) mass is 233 g/mol. The third-order valence-corrected chi connectivity index (χ3v) is 5.24. The maximum Gasteiger partial charge on any atom is 0.310 e. The Morgan fingerprint density at radius 1 is 1.40 bits per heavy atom. The lowest BCUT2D eigenvalue weighted by atomic mass is 9.69. The van der Waals surface area contributed by atoms with Crippen LogP contribution in [0, 0.1) is 5.41 Å². The summed E-state index contributed by atoms with van der Waals surface area (Å²) in [5.41, 5.74) is -0.831. The fourth-order valence-electron chi connectivity index (χ4n) is 1.80. The summed E-state index contributed by atoms with van der Waals surface area (Å²) >= 11 is 0. The van der Waals surface area contributed by atoms with E-state index in [0.29, 0.717) is 25.7 Å². The summed E-state index contributed by atoms with van der Waals surface area (Å²) < 4.78 is 25.4. The number of nitrogens with one attached hydrogen (secondary N) is 1. The van der Waals surface area contributed by atoms with Crippen LogP contribution in [-0.4, -0.2) is 31.3 Å². The van der Waals surface area contributed by atoms with Crippen LogP contribution in [0.25, 0.3) is 0 Å². The molecule has 2 aliphatic carbocycles. The summed E-state index contributed by atoms with van der Waals surface area (Å²) in [5.74, 6) is -0.882. The lowest BCUT2D eigenvalue weighted by Crippen LogP contribution is -2.48. The van der Waals surface area contributed by atoms with Gasteiger partial charge < -0.3 is 5.11 Å². The lowest BCUT2D eigenvalue weighted by molar-refractivity contribution is -0.153. The van der Waals surface area contributed by atoms with E-state index >= 15 is 0 Å². The van der Waals surface area contributed by atoms with Crippen molar-refractivity contribution in [3.05, 3.63) is 0 Å². The Morgan fingerprint density at radius 3 is 2.33 bits per heavy atom. The smallest absolute Gasteiger partial charge is 0.310 e. The molecule has 0 aromatic rings. The first kappa shape index (κ1) is 10.9. The Labute approximate surface area is 88.9 Å². The van der Waals surface area contributed by atoms with E-state index in [1.54, 1.807) is 0 Å². The topological polar surface area (TPSA) is 83.5 Å². The molecule has 0 atom stereocenters. The van der Waals surface area contributed by atoms with E-state index in [2.05, 4.69) is 4.72 Å². The van der Waals surface area contributed by atoms with Crippen molar-refractivity contribution >= 4 is 16.0 Å². The Kier molecular flexibility index (Phi) is 2.50. The molecule has 0 amide bonds. The first-order chi connectivity index (χ1) is 6.96. The van der Waals surface area contributed by atoms with Crippen LogP contribution < -0.4 is 4.72 Å². The average molecular weight is 233 g/mol. The van der Waals surface area contributed by atoms with Gasteiger partial charge in [-0.25, -0.2) is 13.1 Å². The molecule has 0 bridgehead atoms. The van der Waals surface area contributed by atoms with Crippen molar-refractivity contribution < 1.29 is 18.3 Å². The first-order valence-corrected chi connectivity index (χ1v) is 6.73. The maximum absolute atomic E-state index is 11.5. The summed E-state index contributed by atoms with van der Waals surface area (Å²) in [6, 6.07) is 0. The summed E-state index contributed by atoms with van der Waals surface area (Å²) in [6.45, 7) is 0.0567. The van der Waals surface area contributed by atoms with Crippen LogP contribution in [0.4, 0.5) is 0 Å². The van der Waals surface area contributed by atoms with Gasteiger partial charge in [-0.2, -0.15) is 0 Å². The third-order valence-electron chi connectivity index (χ3n) is 3.34. The number of carboxylic acid groups (broad SMARTS) is 1. The van der Waals surface area contributed by atoms with Crippen LogP contribution in [0.15, 0.2) is 0 Å². The lowest BCUT2D eigenvalue weighted by Gasteiger charge is -2.37. The molecule has 2 fully saturated rings. The van der Waals surface area contributed by atoms with E-state index in [9.17, 15) is 13.2 Å². The fourth-order valence-corrected chi connectivity index (χ4v) is 3.27. The molecule has 15 heavy (non-hydrogen) atoms. The number of sulfonamides is 1. The Bertz CT molecular complexity index is 368. The van der Waals surface area contributed by atoms with Crippen molar-refractivity contribution in [1.82, 2.24) is 4.72 Å². The van der Waals surface area contributed by atoms with Gasteiger partial charge in [0.05, 0.1) is 10.7 Å². The summed E-state index contributed by atoms with van der Waals surface area (Å²) in [5, 5.41) is 8.73. The largest absolute Gasteiger partial charge is 0.481 e. The highest BCUT2D eigenvalue weighted by atomic mass is 32.2. The Hall–Kier alpha value is -0.620. The molecule has 0 spiro atoms. The standard InChI is InChI=1S/C9H15NO4S/c11-8(12)9(4-1-5-9)6-10-15(13,14)7-2-3-7/h7,10H,1-6H2,(H,11,12). The Morgan fingerprint density at radius 2 is 2.00 bits per heavy atom. The third kappa shape index (κ3) is 2.01. The second kappa shape index (κ2) is 3.45. The van der Waals surface area contributed by atoms with Crippen LogP contribution in [0.5, 0.6) is 0 Å². The molecule has 0 heterocycles. The first-order valence-electron chi connectivity index (χ1n) is 5.18. The van der Waals surface area contributed by atoms with Gasteiger partial charge >= 0.3 is 5.97 Å². The molecule has 0 aliphatic heterocycles. The van der Waals surface area contributed by atoms with Gasteiger partial charge in [0.2, 0.25) is 10.0 Å². The number of rotatable bonds is 5. The highest BCUT2D eigenvalue weighted by molar-refractivity contribution is 7.90. The van der Waals surface area contributed by atoms with E-state index in [-0.39, 0.29) is 11.8 Å². The molecule has 0 radical (unpaired) electrons. The van der Waals surface area contributed by atoms with Crippen LogP contribution in [0.2, 0.25) is 0 Å². The molecular formula is C9H15NO4S. The second-order valence-electron chi connectivity index (χ2n) is 4.50. The van der Waals surface area contributed by atoms with Crippen molar-refractivity contribution in [2.24, 2.45) is 5.41 Å². The van der Waals surface area contributed by atoms with Gasteiger partial charge in [-0.1, -0.05) is 6.42 Å². The Balaban J connectivity index is 1.94. The molecule has 0 aromatic carbocycles. The second-order valence-corrected chi connectivity index (χ2v) is 6.55. The van der Waals surface area contributed by atoms with Crippen LogP contribution in [0.1, 0.15) is 32.1 Å². The molecule has 2 saturated carbocycles. The SMILES string of the molecule is O=C(O)C1(CNS(=O)(=O)C2CC2)CCC1. The van der Waals surface area contributed by atoms with E-state index in [4.69, 9.17) is 5.11 Å². The van der Waals surface area contributed by atoms with Gasteiger partial charge in [0.15, 0.2) is 0 Å². The highest BCUT2D eigenvalue weighted by Crippen LogP contribution is 2.41. The normalized spacial score (nSPS) is 24.5. The number of aliphatic carboxylic acids is 1. The fraction of sp³-hybridized carbons (Fsp3) is 0.889.